The molecule has 2 heterocycles. The Bertz CT molecular complexity index is 829. The second-order valence-corrected chi connectivity index (χ2v) is 6.11. The number of hydrogen-bond acceptors (Lipinski definition) is 4. The zero-order valence-electron chi connectivity index (χ0n) is 13.4. The van der Waals surface area contributed by atoms with E-state index in [0.29, 0.717) is 0 Å². The fourth-order valence-corrected chi connectivity index (χ4v) is 3.23. The molecular formula is C19H19FN4. The van der Waals surface area contributed by atoms with Gasteiger partial charge in [0.15, 0.2) is 0 Å². The topological polar surface area (TPSA) is 32.3 Å². The first-order valence-corrected chi connectivity index (χ1v) is 8.21. The van der Waals surface area contributed by atoms with Gasteiger partial charge in [0.1, 0.15) is 18.0 Å². The van der Waals surface area contributed by atoms with Crippen molar-refractivity contribution in [3.05, 3.63) is 66.2 Å². The van der Waals surface area contributed by atoms with Crippen LogP contribution < -0.4 is 4.90 Å². The first kappa shape index (κ1) is 15.0. The van der Waals surface area contributed by atoms with Crippen molar-refractivity contribution in [3.8, 4) is 0 Å². The summed E-state index contributed by atoms with van der Waals surface area (Å²) in [6.45, 7) is 4.67. The Balaban J connectivity index is 1.49. The van der Waals surface area contributed by atoms with Crippen LogP contribution in [0.3, 0.4) is 0 Å². The first-order chi connectivity index (χ1) is 11.8. The summed E-state index contributed by atoms with van der Waals surface area (Å²) in [5.41, 5.74) is 2.12. The Morgan fingerprint density at radius 2 is 1.71 bits per heavy atom. The second kappa shape index (κ2) is 6.53. The molecule has 4 nitrogen and oxygen atoms in total. The number of piperazine rings is 1. The van der Waals surface area contributed by atoms with Crippen molar-refractivity contribution in [1.82, 2.24) is 14.9 Å². The van der Waals surface area contributed by atoms with E-state index in [2.05, 4.69) is 44.0 Å². The first-order valence-electron chi connectivity index (χ1n) is 8.21. The maximum absolute atomic E-state index is 13.6. The van der Waals surface area contributed by atoms with Crippen LogP contribution in [-0.4, -0.2) is 41.0 Å². The molecule has 0 N–H and O–H groups in total. The monoisotopic (exact) mass is 322 g/mol. The number of rotatable bonds is 3. The van der Waals surface area contributed by atoms with E-state index >= 15 is 0 Å². The average molecular weight is 322 g/mol. The minimum atomic E-state index is -0.249. The Morgan fingerprint density at radius 3 is 2.50 bits per heavy atom. The maximum Gasteiger partial charge on any atom is 0.140 e. The summed E-state index contributed by atoms with van der Waals surface area (Å²) in [5.74, 6) is 0.583. The van der Waals surface area contributed by atoms with E-state index in [4.69, 9.17) is 0 Å². The van der Waals surface area contributed by atoms with E-state index < -0.39 is 0 Å². The fraction of sp³-hybridized carbons (Fsp3) is 0.263. The minimum absolute atomic E-state index is 0.249. The number of fused-ring (bicyclic) bond motifs is 1. The van der Waals surface area contributed by atoms with Gasteiger partial charge in [0.25, 0.3) is 0 Å². The highest BCUT2D eigenvalue weighted by Crippen LogP contribution is 2.24. The lowest BCUT2D eigenvalue weighted by molar-refractivity contribution is 0.249. The van der Waals surface area contributed by atoms with Crippen LogP contribution >= 0.6 is 0 Å². The second-order valence-electron chi connectivity index (χ2n) is 6.11. The van der Waals surface area contributed by atoms with E-state index in [1.807, 2.05) is 6.07 Å². The highest BCUT2D eigenvalue weighted by atomic mass is 19.1. The molecule has 1 fully saturated rings. The van der Waals surface area contributed by atoms with Crippen molar-refractivity contribution in [3.63, 3.8) is 0 Å². The van der Waals surface area contributed by atoms with Gasteiger partial charge in [-0.05, 0) is 23.8 Å². The van der Waals surface area contributed by atoms with Gasteiger partial charge in [-0.1, -0.05) is 30.3 Å². The van der Waals surface area contributed by atoms with Crippen LogP contribution in [0.15, 0.2) is 54.9 Å². The largest absolute Gasteiger partial charge is 0.353 e. The molecule has 0 unspecified atom stereocenters. The lowest BCUT2D eigenvalue weighted by atomic mass is 10.2. The molecular weight excluding hydrogens is 303 g/mol. The number of hydrogen-bond donors (Lipinski definition) is 0. The van der Waals surface area contributed by atoms with E-state index in [-0.39, 0.29) is 5.82 Å². The summed E-state index contributed by atoms with van der Waals surface area (Å²) in [5, 5.41) is 0.786. The van der Waals surface area contributed by atoms with Gasteiger partial charge in [-0.25, -0.2) is 14.4 Å². The molecule has 5 heteroatoms. The molecule has 1 aromatic heterocycles. The third-order valence-electron chi connectivity index (χ3n) is 4.50. The van der Waals surface area contributed by atoms with Crippen LogP contribution in [-0.2, 0) is 6.54 Å². The Hall–Kier alpha value is -2.53. The molecule has 1 saturated heterocycles. The molecule has 0 bridgehead atoms. The number of halogens is 1. The Kier molecular flexibility index (Phi) is 4.09. The molecule has 0 atom stereocenters. The summed E-state index contributed by atoms with van der Waals surface area (Å²) in [6.07, 6.45) is 1.56. The molecule has 3 aromatic rings. The van der Waals surface area contributed by atoms with E-state index in [1.54, 1.807) is 12.4 Å². The molecule has 0 spiro atoms. The number of aromatic nitrogens is 2. The zero-order chi connectivity index (χ0) is 16.4. The third-order valence-corrected chi connectivity index (χ3v) is 4.50. The van der Waals surface area contributed by atoms with Crippen molar-refractivity contribution in [2.45, 2.75) is 6.54 Å². The molecule has 122 valence electrons. The predicted octanol–water partition coefficient (Wildman–Crippen LogP) is 3.09. The van der Waals surface area contributed by atoms with Gasteiger partial charge >= 0.3 is 0 Å². The van der Waals surface area contributed by atoms with Crippen LogP contribution in [0.5, 0.6) is 0 Å². The maximum atomic E-state index is 13.6. The summed E-state index contributed by atoms with van der Waals surface area (Å²) in [7, 11) is 0. The molecule has 1 aliphatic rings. The van der Waals surface area contributed by atoms with Gasteiger partial charge in [0.2, 0.25) is 0 Å². The lowest BCUT2D eigenvalue weighted by Gasteiger charge is -2.35. The third kappa shape index (κ3) is 3.08. The fourth-order valence-electron chi connectivity index (χ4n) is 3.23. The van der Waals surface area contributed by atoms with Crippen molar-refractivity contribution in [2.75, 3.05) is 31.1 Å². The van der Waals surface area contributed by atoms with Crippen molar-refractivity contribution in [1.29, 1.82) is 0 Å². The average Bonchev–Trinajstić information content (AvgIpc) is 2.63. The smallest absolute Gasteiger partial charge is 0.140 e. The van der Waals surface area contributed by atoms with Crippen LogP contribution in [0.25, 0.3) is 10.9 Å². The summed E-state index contributed by atoms with van der Waals surface area (Å²) in [6, 6.07) is 15.2. The standard InChI is InChI=1S/C19H19FN4/c20-16-6-7-18-17(12-16)19(22-14-21-18)24-10-8-23(9-11-24)13-15-4-2-1-3-5-15/h1-7,12,14H,8-11,13H2. The summed E-state index contributed by atoms with van der Waals surface area (Å²) < 4.78 is 13.6. The molecule has 1 aliphatic heterocycles. The molecule has 0 saturated carbocycles. The number of nitrogens with zero attached hydrogens (tertiary/aromatic N) is 4. The van der Waals surface area contributed by atoms with Crippen LogP contribution in [0.4, 0.5) is 10.2 Å². The molecule has 0 radical (unpaired) electrons. The van der Waals surface area contributed by atoms with E-state index in [0.717, 1.165) is 49.4 Å². The van der Waals surface area contributed by atoms with Crippen molar-refractivity contribution >= 4 is 16.7 Å². The number of benzene rings is 2. The predicted molar refractivity (Wildman–Crippen MR) is 93.4 cm³/mol. The van der Waals surface area contributed by atoms with Gasteiger partial charge in [-0.3, -0.25) is 4.90 Å². The number of anilines is 1. The van der Waals surface area contributed by atoms with E-state index in [9.17, 15) is 4.39 Å². The molecule has 4 rings (SSSR count). The molecule has 0 aliphatic carbocycles. The van der Waals surface area contributed by atoms with E-state index in [1.165, 1.54) is 17.7 Å². The molecule has 2 aromatic carbocycles. The Labute approximate surface area is 140 Å². The van der Waals surface area contributed by atoms with Gasteiger partial charge < -0.3 is 4.90 Å². The Morgan fingerprint density at radius 1 is 0.917 bits per heavy atom. The van der Waals surface area contributed by atoms with Crippen LogP contribution in [0.2, 0.25) is 0 Å². The lowest BCUT2D eigenvalue weighted by Crippen LogP contribution is -2.46. The highest BCUT2D eigenvalue weighted by Gasteiger charge is 2.20. The van der Waals surface area contributed by atoms with Gasteiger partial charge in [0.05, 0.1) is 5.52 Å². The van der Waals surface area contributed by atoms with Crippen molar-refractivity contribution < 1.29 is 4.39 Å². The quantitative estimate of drug-likeness (QED) is 0.742. The minimum Gasteiger partial charge on any atom is -0.353 e. The van der Waals surface area contributed by atoms with Gasteiger partial charge in [-0.2, -0.15) is 0 Å². The molecule has 0 amide bonds. The van der Waals surface area contributed by atoms with Crippen molar-refractivity contribution in [2.24, 2.45) is 0 Å². The highest BCUT2D eigenvalue weighted by molar-refractivity contribution is 5.89. The van der Waals surface area contributed by atoms with Gasteiger partial charge in [-0.15, -0.1) is 0 Å². The van der Waals surface area contributed by atoms with Gasteiger partial charge in [0, 0.05) is 38.1 Å². The van der Waals surface area contributed by atoms with Crippen LogP contribution in [0, 0.1) is 5.82 Å². The molecule has 24 heavy (non-hydrogen) atoms. The van der Waals surface area contributed by atoms with Crippen LogP contribution in [0.1, 0.15) is 5.56 Å². The normalized spacial score (nSPS) is 15.8. The SMILES string of the molecule is Fc1ccc2ncnc(N3CCN(Cc4ccccc4)CC3)c2c1. The summed E-state index contributed by atoms with van der Waals surface area (Å²) in [4.78, 5) is 13.3. The summed E-state index contributed by atoms with van der Waals surface area (Å²) >= 11 is 0. The zero-order valence-corrected chi connectivity index (χ0v) is 13.4.